The van der Waals surface area contributed by atoms with Gasteiger partial charge in [0.1, 0.15) is 5.78 Å². The second kappa shape index (κ2) is 5.14. The SMILES string of the molecule is O=C1CCN(C(=O)c2ccc(Br)c(F)c2F)CC1. The van der Waals surface area contributed by atoms with Gasteiger partial charge in [0.2, 0.25) is 0 Å². The second-order valence-corrected chi connectivity index (χ2v) is 4.91. The monoisotopic (exact) mass is 317 g/mol. The van der Waals surface area contributed by atoms with Crippen molar-refractivity contribution < 1.29 is 18.4 Å². The fraction of sp³-hybridized carbons (Fsp3) is 0.333. The number of benzene rings is 1. The number of hydrogen-bond acceptors (Lipinski definition) is 2. The van der Waals surface area contributed by atoms with Gasteiger partial charge in [0.15, 0.2) is 11.6 Å². The van der Waals surface area contributed by atoms with Crippen molar-refractivity contribution in [1.82, 2.24) is 4.90 Å². The summed E-state index contributed by atoms with van der Waals surface area (Å²) in [5.74, 6) is -2.73. The van der Waals surface area contributed by atoms with Crippen LogP contribution < -0.4 is 0 Å². The van der Waals surface area contributed by atoms with Gasteiger partial charge in [0, 0.05) is 25.9 Å². The van der Waals surface area contributed by atoms with Crippen LogP contribution in [0.4, 0.5) is 8.78 Å². The number of hydrogen-bond donors (Lipinski definition) is 0. The lowest BCUT2D eigenvalue weighted by Crippen LogP contribution is -2.39. The highest BCUT2D eigenvalue weighted by atomic mass is 79.9. The molecule has 1 aliphatic heterocycles. The van der Waals surface area contributed by atoms with Crippen LogP contribution in [0.5, 0.6) is 0 Å². The average molecular weight is 318 g/mol. The number of piperidine rings is 1. The Morgan fingerprint density at radius 2 is 1.78 bits per heavy atom. The highest BCUT2D eigenvalue weighted by Gasteiger charge is 2.25. The predicted molar refractivity (Wildman–Crippen MR) is 64.2 cm³/mol. The Kier molecular flexibility index (Phi) is 3.75. The van der Waals surface area contributed by atoms with Crippen LogP contribution in [0.1, 0.15) is 23.2 Å². The standard InChI is InChI=1S/C12H10BrF2NO2/c13-9-2-1-8(10(14)11(9)15)12(18)16-5-3-7(17)4-6-16/h1-2H,3-6H2. The Morgan fingerprint density at radius 1 is 1.17 bits per heavy atom. The Hall–Kier alpha value is -1.30. The van der Waals surface area contributed by atoms with Crippen molar-refractivity contribution in [2.75, 3.05) is 13.1 Å². The lowest BCUT2D eigenvalue weighted by Gasteiger charge is -2.26. The molecule has 0 saturated carbocycles. The van der Waals surface area contributed by atoms with E-state index in [1.54, 1.807) is 0 Å². The van der Waals surface area contributed by atoms with Crippen LogP contribution in [-0.2, 0) is 4.79 Å². The van der Waals surface area contributed by atoms with Crippen LogP contribution in [0.15, 0.2) is 16.6 Å². The van der Waals surface area contributed by atoms with Crippen molar-refractivity contribution in [3.05, 3.63) is 33.8 Å². The Bertz CT molecular complexity index is 509. The molecule has 0 aliphatic carbocycles. The number of carbonyl (C=O) groups is 2. The molecule has 1 aromatic rings. The molecule has 1 aromatic carbocycles. The molecule has 1 heterocycles. The summed E-state index contributed by atoms with van der Waals surface area (Å²) in [7, 11) is 0. The topological polar surface area (TPSA) is 37.4 Å². The molecular formula is C12H10BrF2NO2. The number of carbonyl (C=O) groups excluding carboxylic acids is 2. The van der Waals surface area contributed by atoms with E-state index >= 15 is 0 Å². The fourth-order valence-electron chi connectivity index (χ4n) is 1.82. The average Bonchev–Trinajstić information content (AvgIpc) is 2.36. The first-order valence-corrected chi connectivity index (χ1v) is 6.24. The number of amides is 1. The zero-order chi connectivity index (χ0) is 13.3. The minimum atomic E-state index is -1.16. The summed E-state index contributed by atoms with van der Waals surface area (Å²) in [6.45, 7) is 0.517. The molecule has 1 amide bonds. The van der Waals surface area contributed by atoms with Gasteiger partial charge in [-0.2, -0.15) is 0 Å². The van der Waals surface area contributed by atoms with E-state index in [1.807, 2.05) is 0 Å². The summed E-state index contributed by atoms with van der Waals surface area (Å²) in [5, 5.41) is 0. The van der Waals surface area contributed by atoms with E-state index in [4.69, 9.17) is 0 Å². The lowest BCUT2D eigenvalue weighted by atomic mass is 10.1. The minimum Gasteiger partial charge on any atom is -0.338 e. The molecular weight excluding hydrogens is 308 g/mol. The van der Waals surface area contributed by atoms with Crippen molar-refractivity contribution in [3.8, 4) is 0 Å². The van der Waals surface area contributed by atoms with E-state index in [0.29, 0.717) is 0 Å². The van der Waals surface area contributed by atoms with Crippen molar-refractivity contribution in [2.24, 2.45) is 0 Å². The smallest absolute Gasteiger partial charge is 0.256 e. The van der Waals surface area contributed by atoms with E-state index in [1.165, 1.54) is 17.0 Å². The molecule has 0 spiro atoms. The van der Waals surface area contributed by atoms with Crippen LogP contribution >= 0.6 is 15.9 Å². The first-order chi connectivity index (χ1) is 8.50. The molecule has 0 aromatic heterocycles. The first-order valence-electron chi connectivity index (χ1n) is 5.45. The van der Waals surface area contributed by atoms with Gasteiger partial charge in [-0.15, -0.1) is 0 Å². The largest absolute Gasteiger partial charge is 0.338 e. The number of likely N-dealkylation sites (tertiary alicyclic amines) is 1. The molecule has 1 fully saturated rings. The van der Waals surface area contributed by atoms with Gasteiger partial charge in [-0.25, -0.2) is 8.78 Å². The molecule has 0 N–H and O–H groups in total. The lowest BCUT2D eigenvalue weighted by molar-refractivity contribution is -0.120. The van der Waals surface area contributed by atoms with Crippen molar-refractivity contribution >= 4 is 27.6 Å². The van der Waals surface area contributed by atoms with E-state index in [9.17, 15) is 18.4 Å². The highest BCUT2D eigenvalue weighted by Crippen LogP contribution is 2.22. The maximum Gasteiger partial charge on any atom is 0.256 e. The number of halogens is 3. The van der Waals surface area contributed by atoms with Crippen LogP contribution in [0.2, 0.25) is 0 Å². The summed E-state index contributed by atoms with van der Waals surface area (Å²) >= 11 is 2.85. The molecule has 3 nitrogen and oxygen atoms in total. The summed E-state index contributed by atoms with van der Waals surface area (Å²) in [6, 6.07) is 2.53. The molecule has 0 bridgehead atoms. The molecule has 1 aliphatic rings. The van der Waals surface area contributed by atoms with E-state index in [0.717, 1.165) is 0 Å². The minimum absolute atomic E-state index is 0.0228. The van der Waals surface area contributed by atoms with E-state index < -0.39 is 17.5 Å². The van der Waals surface area contributed by atoms with Gasteiger partial charge in [-0.1, -0.05) is 0 Å². The van der Waals surface area contributed by atoms with Crippen LogP contribution in [-0.4, -0.2) is 29.7 Å². The predicted octanol–water partition coefficient (Wildman–Crippen LogP) is 2.53. The summed E-state index contributed by atoms with van der Waals surface area (Å²) in [6.07, 6.45) is 0.540. The Labute approximate surface area is 111 Å². The third kappa shape index (κ3) is 2.43. The molecule has 2 rings (SSSR count). The third-order valence-corrected chi connectivity index (χ3v) is 3.49. The van der Waals surface area contributed by atoms with Crippen LogP contribution in [0.3, 0.4) is 0 Å². The molecule has 18 heavy (non-hydrogen) atoms. The van der Waals surface area contributed by atoms with Crippen LogP contribution in [0.25, 0.3) is 0 Å². The molecule has 0 radical (unpaired) electrons. The van der Waals surface area contributed by atoms with Crippen LogP contribution in [0, 0.1) is 11.6 Å². The Balaban J connectivity index is 2.24. The van der Waals surface area contributed by atoms with Crippen molar-refractivity contribution in [1.29, 1.82) is 0 Å². The van der Waals surface area contributed by atoms with Gasteiger partial charge in [0.05, 0.1) is 10.0 Å². The normalized spacial score (nSPS) is 15.9. The molecule has 1 saturated heterocycles. The maximum absolute atomic E-state index is 13.6. The quantitative estimate of drug-likeness (QED) is 0.746. The molecule has 0 atom stereocenters. The Morgan fingerprint density at radius 3 is 2.39 bits per heavy atom. The zero-order valence-electron chi connectivity index (χ0n) is 9.38. The number of nitrogens with zero attached hydrogens (tertiary/aromatic N) is 1. The summed E-state index contributed by atoms with van der Waals surface area (Å²) in [4.78, 5) is 24.4. The van der Waals surface area contributed by atoms with Gasteiger partial charge >= 0.3 is 0 Å². The summed E-state index contributed by atoms with van der Waals surface area (Å²) in [5.41, 5.74) is -0.301. The highest BCUT2D eigenvalue weighted by molar-refractivity contribution is 9.10. The van der Waals surface area contributed by atoms with Gasteiger partial charge < -0.3 is 4.90 Å². The van der Waals surface area contributed by atoms with Gasteiger partial charge in [-0.3, -0.25) is 9.59 Å². The molecule has 96 valence electrons. The van der Waals surface area contributed by atoms with Gasteiger partial charge in [0.25, 0.3) is 5.91 Å². The van der Waals surface area contributed by atoms with E-state index in [2.05, 4.69) is 15.9 Å². The number of Topliss-reactive ketones (excluding diaryl/α,β-unsaturated/α-hetero) is 1. The fourth-order valence-corrected chi connectivity index (χ4v) is 2.13. The van der Waals surface area contributed by atoms with E-state index in [-0.39, 0.29) is 41.8 Å². The number of ketones is 1. The summed E-state index contributed by atoms with van der Waals surface area (Å²) < 4.78 is 26.9. The molecule has 6 heteroatoms. The second-order valence-electron chi connectivity index (χ2n) is 4.05. The first kappa shape index (κ1) is 13.1. The zero-order valence-corrected chi connectivity index (χ0v) is 11.0. The third-order valence-electron chi connectivity index (χ3n) is 2.87. The maximum atomic E-state index is 13.6. The molecule has 0 unspecified atom stereocenters. The number of rotatable bonds is 1. The van der Waals surface area contributed by atoms with Gasteiger partial charge in [-0.05, 0) is 28.1 Å². The van der Waals surface area contributed by atoms with Crippen molar-refractivity contribution in [2.45, 2.75) is 12.8 Å². The van der Waals surface area contributed by atoms with Crippen molar-refractivity contribution in [3.63, 3.8) is 0 Å².